The highest BCUT2D eigenvalue weighted by atomic mass is 19.4. The molecule has 2 atom stereocenters. The molecule has 1 saturated carbocycles. The van der Waals surface area contributed by atoms with E-state index in [1.165, 1.54) is 19.3 Å². The fraction of sp³-hybridized carbons (Fsp3) is 0.650. The minimum atomic E-state index is -4.31. The van der Waals surface area contributed by atoms with Crippen molar-refractivity contribution in [3.8, 4) is 0 Å². The molecule has 27 heavy (non-hydrogen) atoms. The third-order valence-corrected chi connectivity index (χ3v) is 6.21. The standard InChI is InChI=1S/C20H26F3N3O/c21-20(22,23)14-6-8-16(9-7-14)25-12-17-10-11-18(13-25)26(17)19(27)24-15-4-2-1-3-5-15/h6-9,15,17-18H,1-5,10-13H2,(H,24,27). The Kier molecular flexibility index (Phi) is 4.95. The number of piperazine rings is 1. The van der Waals surface area contributed by atoms with Gasteiger partial charge in [-0.25, -0.2) is 4.79 Å². The summed E-state index contributed by atoms with van der Waals surface area (Å²) in [5, 5.41) is 3.21. The van der Waals surface area contributed by atoms with Crippen molar-refractivity contribution in [3.63, 3.8) is 0 Å². The van der Waals surface area contributed by atoms with Gasteiger partial charge in [-0.2, -0.15) is 13.2 Å². The van der Waals surface area contributed by atoms with Gasteiger partial charge in [-0.15, -0.1) is 0 Å². The average Bonchev–Trinajstić information content (AvgIpc) is 2.92. The van der Waals surface area contributed by atoms with Crippen LogP contribution in [0.5, 0.6) is 0 Å². The number of rotatable bonds is 2. The average molecular weight is 381 g/mol. The van der Waals surface area contributed by atoms with Gasteiger partial charge in [-0.3, -0.25) is 0 Å². The highest BCUT2D eigenvalue weighted by Gasteiger charge is 2.43. The molecule has 2 amide bonds. The molecule has 2 aliphatic heterocycles. The first kappa shape index (κ1) is 18.4. The number of anilines is 1. The first-order valence-corrected chi connectivity index (χ1v) is 9.93. The number of nitrogens with zero attached hydrogens (tertiary/aromatic N) is 2. The second-order valence-electron chi connectivity index (χ2n) is 8.03. The van der Waals surface area contributed by atoms with E-state index in [4.69, 9.17) is 0 Å². The summed E-state index contributed by atoms with van der Waals surface area (Å²) in [5.74, 6) is 0. The Labute approximate surface area is 157 Å². The van der Waals surface area contributed by atoms with E-state index in [0.29, 0.717) is 19.1 Å². The van der Waals surface area contributed by atoms with Crippen molar-refractivity contribution >= 4 is 11.7 Å². The summed E-state index contributed by atoms with van der Waals surface area (Å²) in [6.07, 6.45) is 3.34. The first-order valence-electron chi connectivity index (χ1n) is 9.93. The molecule has 4 rings (SSSR count). The van der Waals surface area contributed by atoms with Gasteiger partial charge in [0.05, 0.1) is 17.6 Å². The third kappa shape index (κ3) is 3.87. The van der Waals surface area contributed by atoms with Gasteiger partial charge < -0.3 is 15.1 Å². The molecule has 2 heterocycles. The fourth-order valence-electron chi connectivity index (χ4n) is 4.80. The summed E-state index contributed by atoms with van der Waals surface area (Å²) in [7, 11) is 0. The molecule has 0 radical (unpaired) electrons. The molecule has 1 N–H and O–H groups in total. The fourth-order valence-corrected chi connectivity index (χ4v) is 4.80. The molecule has 1 aliphatic carbocycles. The molecular weight excluding hydrogens is 355 g/mol. The molecule has 2 unspecified atom stereocenters. The van der Waals surface area contributed by atoms with Crippen LogP contribution in [0.1, 0.15) is 50.5 Å². The summed E-state index contributed by atoms with van der Waals surface area (Å²) in [5.41, 5.74) is 0.173. The number of hydrogen-bond donors (Lipinski definition) is 1. The molecule has 7 heteroatoms. The van der Waals surface area contributed by atoms with Crippen LogP contribution < -0.4 is 10.2 Å². The van der Waals surface area contributed by atoms with Crippen LogP contribution in [0.3, 0.4) is 0 Å². The van der Waals surface area contributed by atoms with Crippen molar-refractivity contribution in [1.29, 1.82) is 0 Å². The van der Waals surface area contributed by atoms with E-state index in [1.54, 1.807) is 12.1 Å². The number of carbonyl (C=O) groups is 1. The summed E-state index contributed by atoms with van der Waals surface area (Å²) in [4.78, 5) is 16.9. The molecule has 2 saturated heterocycles. The first-order chi connectivity index (χ1) is 12.9. The Hall–Kier alpha value is -1.92. The van der Waals surface area contributed by atoms with Crippen molar-refractivity contribution in [3.05, 3.63) is 29.8 Å². The van der Waals surface area contributed by atoms with Gasteiger partial charge in [-0.1, -0.05) is 19.3 Å². The lowest BCUT2D eigenvalue weighted by Gasteiger charge is -2.42. The number of carbonyl (C=O) groups excluding carboxylic acids is 1. The van der Waals surface area contributed by atoms with Gasteiger partial charge in [0.15, 0.2) is 0 Å². The zero-order chi connectivity index (χ0) is 19.0. The number of hydrogen-bond acceptors (Lipinski definition) is 2. The largest absolute Gasteiger partial charge is 0.416 e. The lowest BCUT2D eigenvalue weighted by atomic mass is 9.96. The minimum Gasteiger partial charge on any atom is -0.367 e. The summed E-state index contributed by atoms with van der Waals surface area (Å²) >= 11 is 0. The number of fused-ring (bicyclic) bond motifs is 2. The molecule has 3 aliphatic rings. The molecule has 1 aromatic rings. The molecule has 148 valence electrons. The maximum Gasteiger partial charge on any atom is 0.416 e. The van der Waals surface area contributed by atoms with Crippen LogP contribution in [0.15, 0.2) is 24.3 Å². The monoisotopic (exact) mass is 381 g/mol. The van der Waals surface area contributed by atoms with E-state index in [9.17, 15) is 18.0 Å². The molecule has 0 aromatic heterocycles. The third-order valence-electron chi connectivity index (χ3n) is 6.21. The lowest BCUT2D eigenvalue weighted by molar-refractivity contribution is -0.137. The highest BCUT2D eigenvalue weighted by molar-refractivity contribution is 5.76. The van der Waals surface area contributed by atoms with Crippen LogP contribution in [0.2, 0.25) is 0 Å². The zero-order valence-electron chi connectivity index (χ0n) is 15.3. The molecule has 1 aromatic carbocycles. The SMILES string of the molecule is O=C(NC1CCCCC1)N1C2CCC1CN(c1ccc(C(F)(F)F)cc1)C2. The van der Waals surface area contributed by atoms with Crippen LogP contribution in [-0.2, 0) is 6.18 Å². The summed E-state index contributed by atoms with van der Waals surface area (Å²) < 4.78 is 38.3. The quantitative estimate of drug-likeness (QED) is 0.824. The number of alkyl halides is 3. The van der Waals surface area contributed by atoms with Crippen molar-refractivity contribution < 1.29 is 18.0 Å². The molecule has 4 nitrogen and oxygen atoms in total. The van der Waals surface area contributed by atoms with Crippen molar-refractivity contribution in [2.24, 2.45) is 0 Å². The number of amides is 2. The second kappa shape index (κ2) is 7.24. The van der Waals surface area contributed by atoms with Gasteiger partial charge in [0.25, 0.3) is 0 Å². The second-order valence-corrected chi connectivity index (χ2v) is 8.03. The minimum absolute atomic E-state index is 0.0430. The topological polar surface area (TPSA) is 35.6 Å². The Morgan fingerprint density at radius 3 is 2.07 bits per heavy atom. The van der Waals surface area contributed by atoms with Crippen LogP contribution in [0, 0.1) is 0 Å². The normalized spacial score (nSPS) is 26.3. The van der Waals surface area contributed by atoms with Gasteiger partial charge in [0.2, 0.25) is 0 Å². The van der Waals surface area contributed by atoms with Crippen LogP contribution >= 0.6 is 0 Å². The zero-order valence-corrected chi connectivity index (χ0v) is 15.3. The van der Waals surface area contributed by atoms with E-state index < -0.39 is 11.7 Å². The summed E-state index contributed by atoms with van der Waals surface area (Å²) in [6.45, 7) is 1.36. The van der Waals surface area contributed by atoms with Crippen molar-refractivity contribution in [2.75, 3.05) is 18.0 Å². The number of benzene rings is 1. The number of halogens is 3. The Morgan fingerprint density at radius 2 is 1.52 bits per heavy atom. The maximum atomic E-state index is 12.8. The predicted octanol–water partition coefficient (Wildman–Crippen LogP) is 4.40. The van der Waals surface area contributed by atoms with Gasteiger partial charge in [-0.05, 0) is 49.9 Å². The van der Waals surface area contributed by atoms with Gasteiger partial charge in [0, 0.05) is 24.8 Å². The van der Waals surface area contributed by atoms with E-state index >= 15 is 0 Å². The number of urea groups is 1. The van der Waals surface area contributed by atoms with Crippen molar-refractivity contribution in [2.45, 2.75) is 69.2 Å². The van der Waals surface area contributed by atoms with E-state index in [0.717, 1.165) is 43.5 Å². The predicted molar refractivity (Wildman–Crippen MR) is 97.7 cm³/mol. The van der Waals surface area contributed by atoms with Crippen LogP contribution in [-0.4, -0.2) is 42.1 Å². The highest BCUT2D eigenvalue weighted by Crippen LogP contribution is 2.35. The Bertz CT molecular complexity index is 656. The molecule has 0 spiro atoms. The molecule has 2 bridgehead atoms. The Morgan fingerprint density at radius 1 is 0.926 bits per heavy atom. The Balaban J connectivity index is 1.40. The molecular formula is C20H26F3N3O. The van der Waals surface area contributed by atoms with E-state index in [-0.39, 0.29) is 18.1 Å². The van der Waals surface area contributed by atoms with Crippen LogP contribution in [0.4, 0.5) is 23.7 Å². The van der Waals surface area contributed by atoms with E-state index in [2.05, 4.69) is 10.2 Å². The van der Waals surface area contributed by atoms with Crippen LogP contribution in [0.25, 0.3) is 0 Å². The van der Waals surface area contributed by atoms with Gasteiger partial charge in [0.1, 0.15) is 0 Å². The molecule has 3 fully saturated rings. The van der Waals surface area contributed by atoms with Crippen molar-refractivity contribution in [1.82, 2.24) is 10.2 Å². The maximum absolute atomic E-state index is 12.8. The van der Waals surface area contributed by atoms with Gasteiger partial charge >= 0.3 is 12.2 Å². The smallest absolute Gasteiger partial charge is 0.367 e. The lowest BCUT2D eigenvalue weighted by Crippen LogP contribution is -2.59. The van der Waals surface area contributed by atoms with E-state index in [1.807, 2.05) is 4.90 Å². The number of nitrogens with one attached hydrogen (secondary N) is 1. The summed E-state index contributed by atoms with van der Waals surface area (Å²) in [6, 6.07) is 5.96.